The Morgan fingerprint density at radius 3 is 2.91 bits per heavy atom. The third-order valence-corrected chi connectivity index (χ3v) is 4.09. The SMILES string of the molecule is O=C(NC[C@H]1CC[C@H](O)C1)Nc1cc(-c2ccco2)ccc1F. The molecule has 23 heavy (non-hydrogen) atoms. The lowest BCUT2D eigenvalue weighted by atomic mass is 10.1. The van der Waals surface area contributed by atoms with Crippen molar-refractivity contribution in [2.45, 2.75) is 25.4 Å². The minimum atomic E-state index is -0.508. The van der Waals surface area contributed by atoms with Crippen LogP contribution in [0.4, 0.5) is 14.9 Å². The molecule has 5 nitrogen and oxygen atoms in total. The molecule has 0 aliphatic heterocycles. The second-order valence-electron chi connectivity index (χ2n) is 5.84. The Kier molecular flexibility index (Phi) is 4.62. The third kappa shape index (κ3) is 3.90. The molecule has 1 aromatic heterocycles. The number of anilines is 1. The maximum absolute atomic E-state index is 13.9. The number of benzene rings is 1. The molecule has 0 saturated heterocycles. The summed E-state index contributed by atoms with van der Waals surface area (Å²) in [4.78, 5) is 11.9. The number of hydrogen-bond acceptors (Lipinski definition) is 3. The maximum atomic E-state index is 13.9. The van der Waals surface area contributed by atoms with Crippen molar-refractivity contribution in [3.8, 4) is 11.3 Å². The predicted octanol–water partition coefficient (Wildman–Crippen LogP) is 3.37. The Morgan fingerprint density at radius 2 is 2.22 bits per heavy atom. The van der Waals surface area contributed by atoms with E-state index in [2.05, 4.69) is 10.6 Å². The molecule has 1 aliphatic rings. The van der Waals surface area contributed by atoms with E-state index < -0.39 is 11.8 Å². The topological polar surface area (TPSA) is 74.5 Å². The van der Waals surface area contributed by atoms with Crippen LogP contribution in [0.5, 0.6) is 0 Å². The molecule has 2 aromatic rings. The summed E-state index contributed by atoms with van der Waals surface area (Å²) in [6.07, 6.45) is 3.63. The Morgan fingerprint density at radius 1 is 1.35 bits per heavy atom. The van der Waals surface area contributed by atoms with Crippen molar-refractivity contribution in [3.63, 3.8) is 0 Å². The molecule has 6 heteroatoms. The number of halogens is 1. The van der Waals surface area contributed by atoms with Gasteiger partial charge in [0.25, 0.3) is 0 Å². The van der Waals surface area contributed by atoms with Crippen molar-refractivity contribution >= 4 is 11.7 Å². The lowest BCUT2D eigenvalue weighted by Crippen LogP contribution is -2.32. The zero-order valence-corrected chi connectivity index (χ0v) is 12.6. The summed E-state index contributed by atoms with van der Waals surface area (Å²) in [6, 6.07) is 7.48. The number of amides is 2. The Labute approximate surface area is 133 Å². The molecule has 0 bridgehead atoms. The number of aliphatic hydroxyl groups is 1. The summed E-state index contributed by atoms with van der Waals surface area (Å²) in [5, 5.41) is 14.7. The Bertz CT molecular complexity index is 672. The summed E-state index contributed by atoms with van der Waals surface area (Å²) < 4.78 is 19.1. The molecule has 0 spiro atoms. The average molecular weight is 318 g/mol. The highest BCUT2D eigenvalue weighted by molar-refractivity contribution is 5.90. The molecule has 2 amide bonds. The van der Waals surface area contributed by atoms with E-state index in [1.807, 2.05) is 0 Å². The molecular weight excluding hydrogens is 299 g/mol. The van der Waals surface area contributed by atoms with Gasteiger partial charge in [0.2, 0.25) is 0 Å². The molecule has 1 fully saturated rings. The predicted molar refractivity (Wildman–Crippen MR) is 84.5 cm³/mol. The van der Waals surface area contributed by atoms with Gasteiger partial charge < -0.3 is 20.2 Å². The fraction of sp³-hybridized carbons (Fsp3) is 0.353. The molecule has 1 aliphatic carbocycles. The molecule has 0 unspecified atom stereocenters. The first-order valence-corrected chi connectivity index (χ1v) is 7.68. The van der Waals surface area contributed by atoms with Crippen LogP contribution in [0.15, 0.2) is 41.0 Å². The number of carbonyl (C=O) groups excluding carboxylic acids is 1. The molecular formula is C17H19FN2O3. The first-order chi connectivity index (χ1) is 11.1. The second-order valence-corrected chi connectivity index (χ2v) is 5.84. The fourth-order valence-corrected chi connectivity index (χ4v) is 2.85. The zero-order valence-electron chi connectivity index (χ0n) is 12.6. The van der Waals surface area contributed by atoms with Gasteiger partial charge in [-0.05, 0) is 55.5 Å². The number of nitrogens with one attached hydrogen (secondary N) is 2. The van der Waals surface area contributed by atoms with Crippen LogP contribution in [0.25, 0.3) is 11.3 Å². The summed E-state index contributed by atoms with van der Waals surface area (Å²) >= 11 is 0. The van der Waals surface area contributed by atoms with Gasteiger partial charge in [0.1, 0.15) is 11.6 Å². The number of aliphatic hydroxyl groups excluding tert-OH is 1. The third-order valence-electron chi connectivity index (χ3n) is 4.09. The molecule has 1 aromatic carbocycles. The van der Waals surface area contributed by atoms with E-state index in [4.69, 9.17) is 4.42 Å². The first-order valence-electron chi connectivity index (χ1n) is 7.68. The minimum Gasteiger partial charge on any atom is -0.464 e. The van der Waals surface area contributed by atoms with Crippen molar-refractivity contribution in [2.24, 2.45) is 5.92 Å². The van der Waals surface area contributed by atoms with E-state index in [1.165, 1.54) is 18.4 Å². The van der Waals surface area contributed by atoms with Crippen LogP contribution < -0.4 is 10.6 Å². The largest absolute Gasteiger partial charge is 0.464 e. The average Bonchev–Trinajstić information content (AvgIpc) is 3.19. The highest BCUT2D eigenvalue weighted by atomic mass is 19.1. The molecule has 3 rings (SSSR count). The van der Waals surface area contributed by atoms with Gasteiger partial charge in [-0.3, -0.25) is 0 Å². The van der Waals surface area contributed by atoms with Gasteiger partial charge in [-0.1, -0.05) is 0 Å². The fourth-order valence-electron chi connectivity index (χ4n) is 2.85. The van der Waals surface area contributed by atoms with Crippen molar-refractivity contribution < 1.29 is 18.7 Å². The van der Waals surface area contributed by atoms with Gasteiger partial charge in [0.05, 0.1) is 18.1 Å². The van der Waals surface area contributed by atoms with Gasteiger partial charge in [-0.2, -0.15) is 0 Å². The van der Waals surface area contributed by atoms with Crippen LogP contribution in [-0.2, 0) is 0 Å². The molecule has 1 saturated carbocycles. The molecule has 2 atom stereocenters. The summed E-state index contributed by atoms with van der Waals surface area (Å²) in [6.45, 7) is 0.475. The summed E-state index contributed by atoms with van der Waals surface area (Å²) in [5.74, 6) is 0.371. The number of rotatable bonds is 4. The van der Waals surface area contributed by atoms with E-state index in [0.717, 1.165) is 12.8 Å². The molecule has 122 valence electrons. The molecule has 0 radical (unpaired) electrons. The van der Waals surface area contributed by atoms with E-state index in [1.54, 1.807) is 18.2 Å². The van der Waals surface area contributed by atoms with Crippen LogP contribution in [0.2, 0.25) is 0 Å². The highest BCUT2D eigenvalue weighted by Crippen LogP contribution is 2.26. The van der Waals surface area contributed by atoms with E-state index in [0.29, 0.717) is 24.3 Å². The van der Waals surface area contributed by atoms with Crippen molar-refractivity contribution in [1.82, 2.24) is 5.32 Å². The van der Waals surface area contributed by atoms with E-state index in [-0.39, 0.29) is 17.7 Å². The van der Waals surface area contributed by atoms with Gasteiger partial charge in [-0.15, -0.1) is 0 Å². The van der Waals surface area contributed by atoms with Gasteiger partial charge in [-0.25, -0.2) is 9.18 Å². The quantitative estimate of drug-likeness (QED) is 0.809. The van der Waals surface area contributed by atoms with Crippen molar-refractivity contribution in [2.75, 3.05) is 11.9 Å². The van der Waals surface area contributed by atoms with Crippen LogP contribution >= 0.6 is 0 Å². The number of furan rings is 1. The van der Waals surface area contributed by atoms with Crippen LogP contribution in [-0.4, -0.2) is 23.8 Å². The van der Waals surface area contributed by atoms with Gasteiger partial charge in [0.15, 0.2) is 0 Å². The number of hydrogen-bond donors (Lipinski definition) is 3. The Balaban J connectivity index is 1.60. The lowest BCUT2D eigenvalue weighted by molar-refractivity contribution is 0.177. The van der Waals surface area contributed by atoms with Crippen molar-refractivity contribution in [3.05, 3.63) is 42.4 Å². The highest BCUT2D eigenvalue weighted by Gasteiger charge is 2.23. The Hall–Kier alpha value is -2.34. The van der Waals surface area contributed by atoms with Crippen LogP contribution in [0.3, 0.4) is 0 Å². The normalized spacial score (nSPS) is 20.4. The monoisotopic (exact) mass is 318 g/mol. The van der Waals surface area contributed by atoms with Crippen molar-refractivity contribution in [1.29, 1.82) is 0 Å². The smallest absolute Gasteiger partial charge is 0.319 e. The van der Waals surface area contributed by atoms with Gasteiger partial charge >= 0.3 is 6.03 Å². The standard InChI is InChI=1S/C17H19FN2O3/c18-14-6-4-12(16-2-1-7-23-16)9-15(14)20-17(22)19-10-11-3-5-13(21)8-11/h1-2,4,6-7,9,11,13,21H,3,5,8,10H2,(H2,19,20,22)/t11-,13-/m0/s1. The first kappa shape index (κ1) is 15.6. The summed E-state index contributed by atoms with van der Waals surface area (Å²) in [7, 11) is 0. The van der Waals surface area contributed by atoms with E-state index in [9.17, 15) is 14.3 Å². The lowest BCUT2D eigenvalue weighted by Gasteiger charge is -2.12. The maximum Gasteiger partial charge on any atom is 0.319 e. The second kappa shape index (κ2) is 6.83. The number of carbonyl (C=O) groups is 1. The summed E-state index contributed by atoms with van der Waals surface area (Å²) in [5.41, 5.74) is 0.786. The van der Waals surface area contributed by atoms with Crippen LogP contribution in [0, 0.1) is 11.7 Å². The molecule has 3 N–H and O–H groups in total. The number of urea groups is 1. The van der Waals surface area contributed by atoms with Gasteiger partial charge in [0, 0.05) is 12.1 Å². The zero-order chi connectivity index (χ0) is 16.2. The van der Waals surface area contributed by atoms with Crippen LogP contribution in [0.1, 0.15) is 19.3 Å². The molecule has 1 heterocycles. The minimum absolute atomic E-state index is 0.0999. The van der Waals surface area contributed by atoms with E-state index >= 15 is 0 Å².